The van der Waals surface area contributed by atoms with Gasteiger partial charge in [0.25, 0.3) is 5.91 Å². The predicted octanol–water partition coefficient (Wildman–Crippen LogP) is 7.34. The number of carbonyl (C=O) groups is 4. The van der Waals surface area contributed by atoms with Gasteiger partial charge in [-0.05, 0) is 93.8 Å². The zero-order valence-electron chi connectivity index (χ0n) is 36.4. The van der Waals surface area contributed by atoms with Gasteiger partial charge in [-0.3, -0.25) is 14.4 Å². The summed E-state index contributed by atoms with van der Waals surface area (Å²) in [7, 11) is 0. The maximum absolute atomic E-state index is 14.0. The van der Waals surface area contributed by atoms with Crippen molar-refractivity contribution < 1.29 is 48.0 Å². The van der Waals surface area contributed by atoms with Gasteiger partial charge in [0.2, 0.25) is 11.7 Å². The lowest BCUT2D eigenvalue weighted by Crippen LogP contribution is -2.43. The normalized spacial score (nSPS) is 23.8. The van der Waals surface area contributed by atoms with Crippen LogP contribution in [-0.2, 0) is 45.6 Å². The number of esters is 2. The molecule has 0 spiro atoms. The van der Waals surface area contributed by atoms with Crippen LogP contribution >= 0.6 is 0 Å². The van der Waals surface area contributed by atoms with E-state index in [0.29, 0.717) is 40.4 Å². The Morgan fingerprint density at radius 2 is 1.56 bits per heavy atom. The van der Waals surface area contributed by atoms with E-state index >= 15 is 0 Å². The summed E-state index contributed by atoms with van der Waals surface area (Å²) in [6.07, 6.45) is 8.07. The molecule has 2 aliphatic carbocycles. The molecule has 4 aromatic carbocycles. The molecule has 8 rings (SSSR count). The molecule has 2 aliphatic heterocycles. The average Bonchev–Trinajstić information content (AvgIpc) is 3.97. The van der Waals surface area contributed by atoms with Gasteiger partial charge in [0, 0.05) is 41.6 Å². The fraction of sp³-hybridized carbons (Fsp3) is 0.385. The summed E-state index contributed by atoms with van der Waals surface area (Å²) in [4.78, 5) is 53.4. The summed E-state index contributed by atoms with van der Waals surface area (Å²) in [5.74, 6) is -2.66. The van der Waals surface area contributed by atoms with Crippen molar-refractivity contribution >= 4 is 29.8 Å². The molecule has 1 saturated carbocycles. The molecular formula is C52H56N2O10. The number of fused-ring (bicyclic) bond motifs is 2. The predicted molar refractivity (Wildman–Crippen MR) is 238 cm³/mol. The molecule has 3 N–H and O–H groups in total. The number of hydrogen-bond acceptors (Lipinski definition) is 10. The average molecular weight is 869 g/mol. The van der Waals surface area contributed by atoms with Crippen molar-refractivity contribution in [3.05, 3.63) is 160 Å². The highest BCUT2D eigenvalue weighted by molar-refractivity contribution is 5.95. The first kappa shape index (κ1) is 44.7. The first-order valence-corrected chi connectivity index (χ1v) is 22.2. The number of epoxide rings is 1. The SMILES string of the molecule is CC(C)(C)OC(=O)CCC(CO)NC(=O)c1cccc(CNC(=O)C2=CC3OC(c4ccccc4)(c4ccccc4)OC3C(OC(=O)c3ccc(C=CC4CCC5OC5C4)cc3)C2)c1. The van der Waals surface area contributed by atoms with Crippen LogP contribution in [0.1, 0.15) is 102 Å². The summed E-state index contributed by atoms with van der Waals surface area (Å²) in [6.45, 7) is 5.06. The van der Waals surface area contributed by atoms with Crippen molar-refractivity contribution in [1.29, 1.82) is 0 Å². The van der Waals surface area contributed by atoms with Crippen molar-refractivity contribution in [3.8, 4) is 0 Å². The molecule has 64 heavy (non-hydrogen) atoms. The molecule has 334 valence electrons. The molecule has 0 aromatic heterocycles. The quantitative estimate of drug-likeness (QED) is 0.0815. The molecule has 7 atom stereocenters. The van der Waals surface area contributed by atoms with E-state index in [2.05, 4.69) is 22.8 Å². The van der Waals surface area contributed by atoms with Crippen molar-refractivity contribution in [3.63, 3.8) is 0 Å². The van der Waals surface area contributed by atoms with E-state index in [1.54, 1.807) is 63.2 Å². The fourth-order valence-corrected chi connectivity index (χ4v) is 8.67. The minimum Gasteiger partial charge on any atom is -0.460 e. The Hall–Kier alpha value is -5.92. The Balaban J connectivity index is 0.966. The second-order valence-corrected chi connectivity index (χ2v) is 18.0. The van der Waals surface area contributed by atoms with Crippen LogP contribution in [0.15, 0.2) is 127 Å². The topological polar surface area (TPSA) is 162 Å². The third kappa shape index (κ3) is 10.9. The highest BCUT2D eigenvalue weighted by Crippen LogP contribution is 2.47. The molecule has 0 radical (unpaired) electrons. The lowest BCUT2D eigenvalue weighted by molar-refractivity contribution is -0.157. The Morgan fingerprint density at radius 1 is 0.844 bits per heavy atom. The summed E-state index contributed by atoms with van der Waals surface area (Å²) in [5, 5.41) is 15.7. The molecule has 2 heterocycles. The van der Waals surface area contributed by atoms with Crippen molar-refractivity contribution in [2.45, 2.75) is 114 Å². The van der Waals surface area contributed by atoms with Gasteiger partial charge in [-0.2, -0.15) is 0 Å². The van der Waals surface area contributed by atoms with Crippen LogP contribution in [0.5, 0.6) is 0 Å². The third-order valence-electron chi connectivity index (χ3n) is 12.0. The van der Waals surface area contributed by atoms with Crippen LogP contribution in [0.2, 0.25) is 0 Å². The minimum absolute atomic E-state index is 0.0335. The molecule has 3 fully saturated rings. The number of aliphatic hydroxyl groups is 1. The first-order chi connectivity index (χ1) is 30.9. The number of nitrogens with one attached hydrogen (secondary N) is 2. The molecule has 4 aromatic rings. The lowest BCUT2D eigenvalue weighted by atomic mass is 9.89. The van der Waals surface area contributed by atoms with Gasteiger partial charge in [-0.25, -0.2) is 4.79 Å². The molecule has 12 nitrogen and oxygen atoms in total. The van der Waals surface area contributed by atoms with Crippen LogP contribution in [0.4, 0.5) is 0 Å². The standard InChI is InChI=1S/C52H56N2O10/c1-51(2,3)63-46(56)26-24-41(32-55)54-49(58)37-12-10-11-35(27-37)31-53-48(57)38-29-44(61-50(59)36-22-19-33(20-23-36)17-18-34-21-25-42-43(28-34)60-42)47-45(30-38)62-52(64-47,39-13-6-4-7-14-39)40-15-8-5-9-16-40/h4-20,22-23,27,30,34,41-45,47,55H,21,24-26,28-29,31-32H2,1-3H3,(H,53,57)(H,54,58). The zero-order valence-corrected chi connectivity index (χ0v) is 36.4. The van der Waals surface area contributed by atoms with Crippen LogP contribution < -0.4 is 10.6 Å². The van der Waals surface area contributed by atoms with E-state index in [9.17, 15) is 24.3 Å². The highest BCUT2D eigenvalue weighted by Gasteiger charge is 2.55. The Bertz CT molecular complexity index is 2320. The fourth-order valence-electron chi connectivity index (χ4n) is 8.67. The Labute approximate surface area is 374 Å². The van der Waals surface area contributed by atoms with Crippen LogP contribution in [0.25, 0.3) is 6.08 Å². The second-order valence-electron chi connectivity index (χ2n) is 18.0. The van der Waals surface area contributed by atoms with Gasteiger partial charge in [0.1, 0.15) is 23.9 Å². The van der Waals surface area contributed by atoms with Crippen LogP contribution in [0, 0.1) is 5.92 Å². The number of hydrogen-bond donors (Lipinski definition) is 3. The van der Waals surface area contributed by atoms with Gasteiger partial charge in [-0.1, -0.05) is 97.1 Å². The van der Waals surface area contributed by atoms with E-state index in [1.807, 2.05) is 72.8 Å². The van der Waals surface area contributed by atoms with Crippen molar-refractivity contribution in [2.75, 3.05) is 6.61 Å². The highest BCUT2D eigenvalue weighted by atomic mass is 16.8. The first-order valence-electron chi connectivity index (χ1n) is 22.2. The lowest BCUT2D eigenvalue weighted by Gasteiger charge is -2.31. The summed E-state index contributed by atoms with van der Waals surface area (Å²) in [5.41, 5.74) is 3.55. The number of allylic oxidation sites excluding steroid dienone is 1. The van der Waals surface area contributed by atoms with Crippen LogP contribution in [0.3, 0.4) is 0 Å². The maximum atomic E-state index is 14.0. The minimum atomic E-state index is -1.35. The van der Waals surface area contributed by atoms with Gasteiger partial charge in [0.15, 0.2) is 0 Å². The van der Waals surface area contributed by atoms with E-state index in [4.69, 9.17) is 23.7 Å². The van der Waals surface area contributed by atoms with Gasteiger partial charge >= 0.3 is 11.9 Å². The number of aliphatic hydroxyl groups excluding tert-OH is 1. The molecule has 2 saturated heterocycles. The monoisotopic (exact) mass is 868 g/mol. The smallest absolute Gasteiger partial charge is 0.338 e. The van der Waals surface area contributed by atoms with Crippen LogP contribution in [-0.4, -0.2) is 77.6 Å². The number of ether oxygens (including phenoxy) is 5. The molecule has 0 bridgehead atoms. The van der Waals surface area contributed by atoms with E-state index in [0.717, 1.165) is 36.0 Å². The number of amides is 2. The third-order valence-corrected chi connectivity index (χ3v) is 12.0. The largest absolute Gasteiger partial charge is 0.460 e. The molecular weight excluding hydrogens is 813 g/mol. The Morgan fingerprint density at radius 3 is 2.23 bits per heavy atom. The number of rotatable bonds is 15. The molecule has 2 amide bonds. The van der Waals surface area contributed by atoms with E-state index in [1.165, 1.54) is 0 Å². The van der Waals surface area contributed by atoms with Crippen molar-refractivity contribution in [2.24, 2.45) is 5.92 Å². The maximum Gasteiger partial charge on any atom is 0.338 e. The van der Waals surface area contributed by atoms with Gasteiger partial charge < -0.3 is 39.4 Å². The van der Waals surface area contributed by atoms with Crippen molar-refractivity contribution in [1.82, 2.24) is 10.6 Å². The zero-order chi connectivity index (χ0) is 44.8. The summed E-state index contributed by atoms with van der Waals surface area (Å²) >= 11 is 0. The van der Waals surface area contributed by atoms with Gasteiger partial charge in [0.05, 0.1) is 30.4 Å². The molecule has 7 unspecified atom stereocenters. The molecule has 4 aliphatic rings. The van der Waals surface area contributed by atoms with E-state index < -0.39 is 59.5 Å². The number of carbonyl (C=O) groups excluding carboxylic acids is 4. The second kappa shape index (κ2) is 19.4. The van der Waals surface area contributed by atoms with E-state index in [-0.39, 0.29) is 32.4 Å². The number of benzene rings is 4. The summed E-state index contributed by atoms with van der Waals surface area (Å²) < 4.78 is 31.0. The van der Waals surface area contributed by atoms with Gasteiger partial charge in [-0.15, -0.1) is 0 Å². The summed E-state index contributed by atoms with van der Waals surface area (Å²) in [6, 6.07) is 32.5. The molecule has 12 heteroatoms. The Kier molecular flexibility index (Phi) is 13.6.